The lowest BCUT2D eigenvalue weighted by Gasteiger charge is -2.28. The average Bonchev–Trinajstić information content (AvgIpc) is 3.31. The molecule has 0 amide bonds. The number of unbranched alkanes of at least 4 members (excludes halogenated alkanes) is 1. The minimum Gasteiger partial charge on any atom is -0.187 e. The second kappa shape index (κ2) is 6.04. The standard InChI is InChI=1S/C27H30N/c1-5-8-12-20-13-11-15-22-21(20)17-18-28-25(22)23-14-9-10-16-24(23)26(6-2)19(4)27(26,28)7-3/h9-11,13-18H,4-8,12H2,1-3H3/q+1. The van der Waals surface area contributed by atoms with Gasteiger partial charge in [-0.1, -0.05) is 64.1 Å². The number of pyridine rings is 1. The Kier molecular flexibility index (Phi) is 3.81. The van der Waals surface area contributed by atoms with E-state index in [-0.39, 0.29) is 11.0 Å². The molecule has 1 heteroatoms. The van der Waals surface area contributed by atoms with Crippen LogP contribution in [0, 0.1) is 0 Å². The molecule has 1 aliphatic heterocycles. The second-order valence-corrected chi connectivity index (χ2v) is 8.51. The van der Waals surface area contributed by atoms with E-state index in [0.29, 0.717) is 0 Å². The lowest BCUT2D eigenvalue weighted by Crippen LogP contribution is -2.54. The Hall–Kier alpha value is -2.41. The number of aryl methyl sites for hydroxylation is 1. The molecule has 3 aromatic rings. The molecule has 1 fully saturated rings. The van der Waals surface area contributed by atoms with Gasteiger partial charge in [-0.3, -0.25) is 0 Å². The van der Waals surface area contributed by atoms with Gasteiger partial charge in [0, 0.05) is 18.1 Å². The van der Waals surface area contributed by atoms with Crippen LogP contribution in [-0.2, 0) is 17.4 Å². The van der Waals surface area contributed by atoms with E-state index in [1.807, 2.05) is 0 Å². The maximum absolute atomic E-state index is 4.61. The van der Waals surface area contributed by atoms with Gasteiger partial charge < -0.3 is 0 Å². The Balaban J connectivity index is 1.87. The van der Waals surface area contributed by atoms with Gasteiger partial charge in [-0.15, -0.1) is 0 Å². The topological polar surface area (TPSA) is 3.88 Å². The molecule has 0 spiro atoms. The Bertz CT molecular complexity index is 1110. The first kappa shape index (κ1) is 17.7. The molecular formula is C27H30N+. The Morgan fingerprint density at radius 3 is 2.46 bits per heavy atom. The Labute approximate surface area is 168 Å². The zero-order chi connectivity index (χ0) is 19.5. The van der Waals surface area contributed by atoms with Crippen molar-refractivity contribution >= 4 is 10.8 Å². The Morgan fingerprint density at radius 2 is 1.71 bits per heavy atom. The van der Waals surface area contributed by atoms with E-state index < -0.39 is 0 Å². The van der Waals surface area contributed by atoms with Gasteiger partial charge in [0.25, 0.3) is 0 Å². The van der Waals surface area contributed by atoms with E-state index in [1.54, 1.807) is 0 Å². The molecule has 2 atom stereocenters. The fraction of sp³-hybridized carbons (Fsp3) is 0.370. The third-order valence-electron chi connectivity index (χ3n) is 7.64. The van der Waals surface area contributed by atoms with Crippen LogP contribution in [0.5, 0.6) is 0 Å². The van der Waals surface area contributed by atoms with E-state index in [2.05, 4.69) is 86.6 Å². The molecule has 1 nitrogen and oxygen atoms in total. The zero-order valence-electron chi connectivity index (χ0n) is 17.4. The number of aromatic nitrogens is 1. The van der Waals surface area contributed by atoms with Crippen LogP contribution >= 0.6 is 0 Å². The number of allylic oxidation sites excluding steroid dienone is 1. The van der Waals surface area contributed by atoms with Crippen molar-refractivity contribution in [3.05, 3.63) is 78.0 Å². The maximum Gasteiger partial charge on any atom is 0.221 e. The summed E-state index contributed by atoms with van der Waals surface area (Å²) in [5, 5.41) is 2.80. The number of nitrogens with zero attached hydrogens (tertiary/aromatic N) is 1. The fourth-order valence-corrected chi connectivity index (χ4v) is 6.30. The van der Waals surface area contributed by atoms with Gasteiger partial charge in [0.1, 0.15) is 0 Å². The highest BCUT2D eigenvalue weighted by Gasteiger charge is 2.80. The molecule has 1 saturated carbocycles. The Morgan fingerprint density at radius 1 is 0.893 bits per heavy atom. The van der Waals surface area contributed by atoms with E-state index in [4.69, 9.17) is 0 Å². The summed E-state index contributed by atoms with van der Waals surface area (Å²) in [5.74, 6) is 0. The van der Waals surface area contributed by atoms with Crippen LogP contribution in [-0.4, -0.2) is 0 Å². The molecule has 0 bridgehead atoms. The van der Waals surface area contributed by atoms with Crippen molar-refractivity contribution in [2.45, 2.75) is 63.8 Å². The average molecular weight is 369 g/mol. The SMILES string of the molecule is C=C1C2(CC)c3ccccc3-c3c4cccc(CCCC)c4cc[n+]3C12CC. The normalized spacial score (nSPS) is 24.6. The van der Waals surface area contributed by atoms with Crippen LogP contribution < -0.4 is 4.57 Å². The summed E-state index contributed by atoms with van der Waals surface area (Å²) in [5.41, 5.74) is 7.25. The molecule has 142 valence electrons. The first-order chi connectivity index (χ1) is 13.7. The minimum atomic E-state index is 0.0268. The van der Waals surface area contributed by atoms with E-state index in [0.717, 1.165) is 19.3 Å². The van der Waals surface area contributed by atoms with Crippen molar-refractivity contribution in [1.82, 2.24) is 0 Å². The number of benzene rings is 2. The third-order valence-corrected chi connectivity index (χ3v) is 7.64. The van der Waals surface area contributed by atoms with Crippen molar-refractivity contribution in [3.8, 4) is 11.3 Å². The summed E-state index contributed by atoms with van der Waals surface area (Å²) >= 11 is 0. The van der Waals surface area contributed by atoms with Crippen molar-refractivity contribution in [2.24, 2.45) is 0 Å². The quantitative estimate of drug-likeness (QED) is 0.359. The summed E-state index contributed by atoms with van der Waals surface area (Å²) in [6.07, 6.45) is 8.19. The molecule has 0 radical (unpaired) electrons. The van der Waals surface area contributed by atoms with Crippen molar-refractivity contribution in [3.63, 3.8) is 0 Å². The second-order valence-electron chi connectivity index (χ2n) is 8.51. The van der Waals surface area contributed by atoms with Crippen LogP contribution in [0.15, 0.2) is 66.9 Å². The number of hydrogen-bond donors (Lipinski definition) is 0. The lowest BCUT2D eigenvalue weighted by atomic mass is 9.78. The molecule has 1 aliphatic carbocycles. The smallest absolute Gasteiger partial charge is 0.187 e. The highest BCUT2D eigenvalue weighted by Crippen LogP contribution is 2.71. The van der Waals surface area contributed by atoms with Crippen LogP contribution in [0.1, 0.15) is 57.6 Å². The van der Waals surface area contributed by atoms with Gasteiger partial charge >= 0.3 is 0 Å². The monoisotopic (exact) mass is 368 g/mol. The van der Waals surface area contributed by atoms with E-state index in [9.17, 15) is 0 Å². The van der Waals surface area contributed by atoms with Crippen LogP contribution in [0.2, 0.25) is 0 Å². The van der Waals surface area contributed by atoms with Gasteiger partial charge in [0.2, 0.25) is 11.2 Å². The number of fused-ring (bicyclic) bond motifs is 8. The highest BCUT2D eigenvalue weighted by molar-refractivity contribution is 5.97. The first-order valence-corrected chi connectivity index (χ1v) is 10.9. The number of hydrogen-bond acceptors (Lipinski definition) is 0. The maximum atomic E-state index is 4.61. The summed E-state index contributed by atoms with van der Waals surface area (Å²) in [6, 6.07) is 18.3. The van der Waals surface area contributed by atoms with Gasteiger partial charge in [0.05, 0.1) is 16.4 Å². The lowest BCUT2D eigenvalue weighted by molar-refractivity contribution is -0.730. The summed E-state index contributed by atoms with van der Waals surface area (Å²) in [4.78, 5) is 0. The summed E-state index contributed by atoms with van der Waals surface area (Å²) in [6.45, 7) is 11.5. The van der Waals surface area contributed by atoms with Crippen molar-refractivity contribution in [1.29, 1.82) is 0 Å². The van der Waals surface area contributed by atoms with Crippen molar-refractivity contribution in [2.75, 3.05) is 0 Å². The first-order valence-electron chi connectivity index (χ1n) is 10.9. The van der Waals surface area contributed by atoms with E-state index in [1.165, 1.54) is 51.6 Å². The molecule has 1 aromatic heterocycles. The summed E-state index contributed by atoms with van der Waals surface area (Å²) in [7, 11) is 0. The summed E-state index contributed by atoms with van der Waals surface area (Å²) < 4.78 is 2.58. The minimum absolute atomic E-state index is 0.0268. The third kappa shape index (κ3) is 1.85. The van der Waals surface area contributed by atoms with E-state index >= 15 is 0 Å². The number of rotatable bonds is 5. The molecular weight excluding hydrogens is 338 g/mol. The molecule has 2 aromatic carbocycles. The van der Waals surface area contributed by atoms with Gasteiger partial charge in [-0.25, -0.2) is 0 Å². The molecule has 2 heterocycles. The molecule has 5 rings (SSSR count). The van der Waals surface area contributed by atoms with Crippen LogP contribution in [0.25, 0.3) is 22.0 Å². The van der Waals surface area contributed by atoms with Gasteiger partial charge in [-0.05, 0) is 47.9 Å². The zero-order valence-corrected chi connectivity index (χ0v) is 17.4. The van der Waals surface area contributed by atoms with Gasteiger partial charge in [0.15, 0.2) is 6.20 Å². The molecule has 0 saturated heterocycles. The molecule has 2 unspecified atom stereocenters. The largest absolute Gasteiger partial charge is 0.221 e. The highest BCUT2D eigenvalue weighted by atomic mass is 15.2. The predicted molar refractivity (Wildman–Crippen MR) is 118 cm³/mol. The van der Waals surface area contributed by atoms with Crippen LogP contribution in [0.4, 0.5) is 0 Å². The predicted octanol–water partition coefficient (Wildman–Crippen LogP) is 6.47. The van der Waals surface area contributed by atoms with Gasteiger partial charge in [-0.2, -0.15) is 4.57 Å². The molecule has 28 heavy (non-hydrogen) atoms. The van der Waals surface area contributed by atoms with Crippen LogP contribution in [0.3, 0.4) is 0 Å². The molecule has 2 aliphatic rings. The van der Waals surface area contributed by atoms with Crippen molar-refractivity contribution < 1.29 is 4.57 Å². The fourth-order valence-electron chi connectivity index (χ4n) is 6.30. The molecule has 0 N–H and O–H groups in total.